The van der Waals surface area contributed by atoms with Gasteiger partial charge >= 0.3 is 6.03 Å². The van der Waals surface area contributed by atoms with Crippen molar-refractivity contribution in [1.29, 1.82) is 0 Å². The van der Waals surface area contributed by atoms with Crippen LogP contribution in [0.5, 0.6) is 0 Å². The average Bonchev–Trinajstić information content (AvgIpc) is 2.17. The number of rotatable bonds is 3. The summed E-state index contributed by atoms with van der Waals surface area (Å²) in [6, 6.07) is 0.127. The molecule has 15 heavy (non-hydrogen) atoms. The number of carbonyl (C=O) groups is 1. The van der Waals surface area contributed by atoms with Gasteiger partial charge < -0.3 is 10.2 Å². The van der Waals surface area contributed by atoms with Crippen molar-refractivity contribution in [2.45, 2.75) is 40.0 Å². The highest BCUT2D eigenvalue weighted by atomic mass is 16.2. The van der Waals surface area contributed by atoms with Gasteiger partial charge in [0, 0.05) is 19.6 Å². The molecule has 0 aliphatic carbocycles. The second kappa shape index (κ2) is 5.99. The van der Waals surface area contributed by atoms with E-state index in [1.807, 2.05) is 4.90 Å². The summed E-state index contributed by atoms with van der Waals surface area (Å²) in [6.07, 6.45) is 3.48. The quantitative estimate of drug-likeness (QED) is 0.766. The number of piperidine rings is 1. The molecule has 1 fully saturated rings. The molecule has 1 saturated heterocycles. The summed E-state index contributed by atoms with van der Waals surface area (Å²) < 4.78 is 0. The second-order valence-electron chi connectivity index (χ2n) is 5.11. The zero-order chi connectivity index (χ0) is 11.3. The van der Waals surface area contributed by atoms with Crippen molar-refractivity contribution in [3.05, 3.63) is 0 Å². The molecular formula is C12H24N2O. The molecule has 0 bridgehead atoms. The third-order valence-corrected chi connectivity index (χ3v) is 2.94. The maximum atomic E-state index is 11.7. The van der Waals surface area contributed by atoms with E-state index in [9.17, 15) is 4.79 Å². The summed E-state index contributed by atoms with van der Waals surface area (Å²) >= 11 is 0. The number of likely N-dealkylation sites (tertiary alicyclic amines) is 1. The standard InChI is InChI=1S/C12H24N2O/c1-10(2)6-7-13-12(15)14-8-4-5-11(3)9-14/h10-11H,4-9H2,1-3H3,(H,13,15). The monoisotopic (exact) mass is 212 g/mol. The first-order chi connectivity index (χ1) is 7.09. The van der Waals surface area contributed by atoms with E-state index in [0.29, 0.717) is 11.8 Å². The third kappa shape index (κ3) is 4.54. The van der Waals surface area contributed by atoms with E-state index < -0.39 is 0 Å². The zero-order valence-corrected chi connectivity index (χ0v) is 10.3. The number of hydrogen-bond acceptors (Lipinski definition) is 1. The van der Waals surface area contributed by atoms with Gasteiger partial charge in [-0.05, 0) is 31.1 Å². The topological polar surface area (TPSA) is 32.3 Å². The smallest absolute Gasteiger partial charge is 0.317 e. The van der Waals surface area contributed by atoms with Crippen molar-refractivity contribution in [3.8, 4) is 0 Å². The molecule has 1 aliphatic rings. The lowest BCUT2D eigenvalue weighted by Gasteiger charge is -2.31. The van der Waals surface area contributed by atoms with Crippen LogP contribution in [-0.4, -0.2) is 30.6 Å². The van der Waals surface area contributed by atoms with E-state index in [1.165, 1.54) is 6.42 Å². The van der Waals surface area contributed by atoms with Gasteiger partial charge in [-0.2, -0.15) is 0 Å². The molecular weight excluding hydrogens is 188 g/mol. The van der Waals surface area contributed by atoms with Crippen molar-refractivity contribution in [2.24, 2.45) is 11.8 Å². The molecule has 0 spiro atoms. The lowest BCUT2D eigenvalue weighted by molar-refractivity contribution is 0.169. The molecule has 1 atom stereocenters. The van der Waals surface area contributed by atoms with Crippen LogP contribution >= 0.6 is 0 Å². The first-order valence-corrected chi connectivity index (χ1v) is 6.12. The predicted molar refractivity (Wildman–Crippen MR) is 62.8 cm³/mol. The predicted octanol–water partition coefficient (Wildman–Crippen LogP) is 2.47. The number of amides is 2. The van der Waals surface area contributed by atoms with Gasteiger partial charge in [-0.1, -0.05) is 20.8 Å². The average molecular weight is 212 g/mol. The van der Waals surface area contributed by atoms with Gasteiger partial charge in [-0.15, -0.1) is 0 Å². The zero-order valence-electron chi connectivity index (χ0n) is 10.3. The highest BCUT2D eigenvalue weighted by molar-refractivity contribution is 5.74. The molecule has 1 N–H and O–H groups in total. The highest BCUT2D eigenvalue weighted by Crippen LogP contribution is 2.15. The van der Waals surface area contributed by atoms with Crippen molar-refractivity contribution < 1.29 is 4.79 Å². The summed E-state index contributed by atoms with van der Waals surface area (Å²) in [4.78, 5) is 13.7. The van der Waals surface area contributed by atoms with Crippen LogP contribution in [0.4, 0.5) is 4.79 Å². The van der Waals surface area contributed by atoms with Crippen LogP contribution < -0.4 is 5.32 Å². The van der Waals surface area contributed by atoms with Crippen LogP contribution in [0.15, 0.2) is 0 Å². The van der Waals surface area contributed by atoms with Crippen LogP contribution in [0.2, 0.25) is 0 Å². The molecule has 1 unspecified atom stereocenters. The van der Waals surface area contributed by atoms with Gasteiger partial charge in [0.25, 0.3) is 0 Å². The summed E-state index contributed by atoms with van der Waals surface area (Å²) in [5, 5.41) is 2.99. The Balaban J connectivity index is 2.21. The van der Waals surface area contributed by atoms with Crippen molar-refractivity contribution in [3.63, 3.8) is 0 Å². The van der Waals surface area contributed by atoms with Crippen molar-refractivity contribution in [2.75, 3.05) is 19.6 Å². The molecule has 3 nitrogen and oxygen atoms in total. The normalized spacial score (nSPS) is 21.9. The number of hydrogen-bond donors (Lipinski definition) is 1. The Hall–Kier alpha value is -0.730. The maximum Gasteiger partial charge on any atom is 0.317 e. The van der Waals surface area contributed by atoms with Crippen LogP contribution in [0, 0.1) is 11.8 Å². The van der Waals surface area contributed by atoms with Crippen LogP contribution in [0.25, 0.3) is 0 Å². The molecule has 0 aromatic rings. The molecule has 3 heteroatoms. The number of carbonyl (C=O) groups excluding carboxylic acids is 1. The van der Waals surface area contributed by atoms with Gasteiger partial charge in [0.05, 0.1) is 0 Å². The van der Waals surface area contributed by atoms with E-state index in [4.69, 9.17) is 0 Å². The minimum atomic E-state index is 0.127. The molecule has 1 aliphatic heterocycles. The van der Waals surface area contributed by atoms with E-state index >= 15 is 0 Å². The Bertz CT molecular complexity index is 204. The summed E-state index contributed by atoms with van der Waals surface area (Å²) in [5.41, 5.74) is 0. The molecule has 2 amide bonds. The molecule has 0 aromatic carbocycles. The van der Waals surface area contributed by atoms with E-state index in [0.717, 1.165) is 32.5 Å². The fourth-order valence-electron chi connectivity index (χ4n) is 1.95. The molecule has 1 heterocycles. The lowest BCUT2D eigenvalue weighted by Crippen LogP contribution is -2.45. The Kier molecular flexibility index (Phi) is 4.92. The van der Waals surface area contributed by atoms with Crippen LogP contribution in [0.3, 0.4) is 0 Å². The Morgan fingerprint density at radius 2 is 2.27 bits per heavy atom. The van der Waals surface area contributed by atoms with E-state index in [2.05, 4.69) is 26.1 Å². The summed E-state index contributed by atoms with van der Waals surface area (Å²) in [7, 11) is 0. The number of nitrogens with one attached hydrogen (secondary N) is 1. The van der Waals surface area contributed by atoms with Gasteiger partial charge in [-0.25, -0.2) is 4.79 Å². The molecule has 0 saturated carbocycles. The Labute approximate surface area is 93.2 Å². The minimum absolute atomic E-state index is 0.127. The van der Waals surface area contributed by atoms with E-state index in [1.54, 1.807) is 0 Å². The summed E-state index contributed by atoms with van der Waals surface area (Å²) in [6.45, 7) is 9.23. The van der Waals surface area contributed by atoms with Crippen LogP contribution in [0.1, 0.15) is 40.0 Å². The van der Waals surface area contributed by atoms with Gasteiger partial charge in [0.2, 0.25) is 0 Å². The van der Waals surface area contributed by atoms with Crippen LogP contribution in [-0.2, 0) is 0 Å². The van der Waals surface area contributed by atoms with Gasteiger partial charge in [-0.3, -0.25) is 0 Å². The Morgan fingerprint density at radius 1 is 1.53 bits per heavy atom. The highest BCUT2D eigenvalue weighted by Gasteiger charge is 2.20. The molecule has 0 aromatic heterocycles. The maximum absolute atomic E-state index is 11.7. The number of urea groups is 1. The Morgan fingerprint density at radius 3 is 2.87 bits per heavy atom. The van der Waals surface area contributed by atoms with Crippen molar-refractivity contribution >= 4 is 6.03 Å². The number of nitrogens with zero attached hydrogens (tertiary/aromatic N) is 1. The lowest BCUT2D eigenvalue weighted by atomic mass is 10.0. The molecule has 88 valence electrons. The minimum Gasteiger partial charge on any atom is -0.338 e. The largest absolute Gasteiger partial charge is 0.338 e. The second-order valence-corrected chi connectivity index (χ2v) is 5.11. The molecule has 1 rings (SSSR count). The van der Waals surface area contributed by atoms with Gasteiger partial charge in [0.15, 0.2) is 0 Å². The molecule has 0 radical (unpaired) electrons. The first kappa shape index (κ1) is 12.3. The fourth-order valence-corrected chi connectivity index (χ4v) is 1.95. The first-order valence-electron chi connectivity index (χ1n) is 6.12. The fraction of sp³-hybridized carbons (Fsp3) is 0.917. The van der Waals surface area contributed by atoms with Gasteiger partial charge in [0.1, 0.15) is 0 Å². The third-order valence-electron chi connectivity index (χ3n) is 2.94. The van der Waals surface area contributed by atoms with Crippen molar-refractivity contribution in [1.82, 2.24) is 10.2 Å². The SMILES string of the molecule is CC(C)CCNC(=O)N1CCCC(C)C1. The van der Waals surface area contributed by atoms with E-state index in [-0.39, 0.29) is 6.03 Å². The summed E-state index contributed by atoms with van der Waals surface area (Å²) in [5.74, 6) is 1.32.